The summed E-state index contributed by atoms with van der Waals surface area (Å²) in [6.45, 7) is 9.30. The Kier molecular flexibility index (Phi) is 7.30. The predicted molar refractivity (Wildman–Crippen MR) is 133 cm³/mol. The summed E-state index contributed by atoms with van der Waals surface area (Å²) in [6, 6.07) is 12.2. The first-order chi connectivity index (χ1) is 15.8. The highest BCUT2D eigenvalue weighted by Gasteiger charge is 2.32. The van der Waals surface area contributed by atoms with Gasteiger partial charge in [-0.1, -0.05) is 29.3 Å². The van der Waals surface area contributed by atoms with Gasteiger partial charge in [-0.3, -0.25) is 9.69 Å². The van der Waals surface area contributed by atoms with Gasteiger partial charge in [0.05, 0.1) is 17.0 Å². The molecule has 1 N–H and O–H groups in total. The van der Waals surface area contributed by atoms with E-state index < -0.39 is 0 Å². The van der Waals surface area contributed by atoms with Gasteiger partial charge >= 0.3 is 0 Å². The number of aryl methyl sites for hydroxylation is 1. The number of amides is 1. The van der Waals surface area contributed by atoms with Gasteiger partial charge in [-0.15, -0.1) is 0 Å². The fourth-order valence-corrected chi connectivity index (χ4v) is 4.83. The number of benzene rings is 2. The summed E-state index contributed by atoms with van der Waals surface area (Å²) in [6.07, 6.45) is 2.15. The molecule has 2 aromatic rings. The summed E-state index contributed by atoms with van der Waals surface area (Å²) in [4.78, 5) is 14.1. The molecule has 0 aromatic heterocycles. The van der Waals surface area contributed by atoms with Gasteiger partial charge in [-0.05, 0) is 80.1 Å². The van der Waals surface area contributed by atoms with E-state index in [2.05, 4.69) is 29.3 Å². The fraction of sp³-hybridized carbons (Fsp3) is 0.444. The molecule has 0 spiro atoms. The highest BCUT2D eigenvalue weighted by atomic mass is 35.5. The second-order valence-corrected chi connectivity index (χ2v) is 9.68. The van der Waals surface area contributed by atoms with Crippen molar-refractivity contribution in [2.75, 3.05) is 26.7 Å². The van der Waals surface area contributed by atoms with Crippen molar-refractivity contribution in [1.29, 1.82) is 0 Å². The van der Waals surface area contributed by atoms with Crippen LogP contribution in [0, 0.1) is 5.92 Å². The smallest absolute Gasteiger partial charge is 0.225 e. The molecule has 176 valence electrons. The summed E-state index contributed by atoms with van der Waals surface area (Å²) in [7, 11) is 1.71. The minimum atomic E-state index is 0.0866. The molecule has 1 saturated heterocycles. The average molecular weight is 469 g/mol. The van der Waals surface area contributed by atoms with Crippen LogP contribution < -0.4 is 14.8 Å². The van der Waals surface area contributed by atoms with Crippen molar-refractivity contribution in [2.45, 2.75) is 46.3 Å². The molecule has 6 heteroatoms. The largest absolute Gasteiger partial charge is 0.489 e. The molecule has 2 aromatic carbocycles. The lowest BCUT2D eigenvalue weighted by molar-refractivity contribution is -0.129. The molecule has 0 bridgehead atoms. The second-order valence-electron chi connectivity index (χ2n) is 9.27. The Morgan fingerprint density at radius 3 is 2.67 bits per heavy atom. The molecule has 1 fully saturated rings. The standard InChI is InChI=1S/C27H33ClN2O3/c1-17(2)33-26-10-5-19(11-25(26)28)16-32-23-8-9-24-18(3)21(7-6-20(24)12-23)13-30-14-22(15-30)27(31)29-4/h5,8-12,17,22H,6-7,13-16H2,1-4H3,(H,29,31). The minimum Gasteiger partial charge on any atom is -0.489 e. The first-order valence-electron chi connectivity index (χ1n) is 11.7. The molecular formula is C27H33ClN2O3. The molecule has 1 aliphatic carbocycles. The minimum absolute atomic E-state index is 0.0866. The summed E-state index contributed by atoms with van der Waals surface area (Å²) >= 11 is 6.35. The van der Waals surface area contributed by atoms with E-state index in [9.17, 15) is 4.79 Å². The SMILES string of the molecule is CNC(=O)C1CN(CC2=C(C)c3ccc(OCc4ccc(OC(C)C)c(Cl)c4)cc3CC2)C1. The Hall–Kier alpha value is -2.50. The number of nitrogens with one attached hydrogen (secondary N) is 1. The molecule has 4 rings (SSSR count). The zero-order valence-electron chi connectivity index (χ0n) is 19.9. The van der Waals surface area contributed by atoms with Crippen LogP contribution in [-0.2, 0) is 17.8 Å². The van der Waals surface area contributed by atoms with Crippen LogP contribution in [-0.4, -0.2) is 43.6 Å². The Balaban J connectivity index is 1.37. The van der Waals surface area contributed by atoms with E-state index in [1.165, 1.54) is 22.3 Å². The van der Waals surface area contributed by atoms with E-state index in [0.29, 0.717) is 17.4 Å². The van der Waals surface area contributed by atoms with Gasteiger partial charge in [0.1, 0.15) is 18.1 Å². The molecule has 1 aliphatic heterocycles. The van der Waals surface area contributed by atoms with Crippen molar-refractivity contribution in [3.05, 3.63) is 63.7 Å². The van der Waals surface area contributed by atoms with Gasteiger partial charge in [0.2, 0.25) is 5.91 Å². The summed E-state index contributed by atoms with van der Waals surface area (Å²) in [5, 5.41) is 3.35. The van der Waals surface area contributed by atoms with Crippen molar-refractivity contribution in [1.82, 2.24) is 10.2 Å². The Morgan fingerprint density at radius 2 is 1.97 bits per heavy atom. The van der Waals surface area contributed by atoms with E-state index >= 15 is 0 Å². The summed E-state index contributed by atoms with van der Waals surface area (Å²) in [5.74, 6) is 1.87. The number of carbonyl (C=O) groups excluding carboxylic acids is 1. The molecule has 0 unspecified atom stereocenters. The molecule has 5 nitrogen and oxygen atoms in total. The third-order valence-corrected chi connectivity index (χ3v) is 6.76. The zero-order chi connectivity index (χ0) is 23.5. The van der Waals surface area contributed by atoms with E-state index in [4.69, 9.17) is 21.1 Å². The van der Waals surface area contributed by atoms with Crippen molar-refractivity contribution < 1.29 is 14.3 Å². The van der Waals surface area contributed by atoms with E-state index in [1.807, 2.05) is 38.1 Å². The maximum absolute atomic E-state index is 11.7. The number of rotatable bonds is 8. The molecule has 0 atom stereocenters. The number of nitrogens with zero attached hydrogens (tertiary/aromatic N) is 1. The number of hydrogen-bond acceptors (Lipinski definition) is 4. The number of fused-ring (bicyclic) bond motifs is 1. The van der Waals surface area contributed by atoms with E-state index in [-0.39, 0.29) is 17.9 Å². The topological polar surface area (TPSA) is 50.8 Å². The Labute approximate surface area is 201 Å². The molecule has 1 amide bonds. The van der Waals surface area contributed by atoms with Gasteiger partial charge < -0.3 is 14.8 Å². The molecule has 33 heavy (non-hydrogen) atoms. The Bertz CT molecular complexity index is 1060. The first-order valence-corrected chi connectivity index (χ1v) is 12.1. The quantitative estimate of drug-likeness (QED) is 0.585. The van der Waals surface area contributed by atoms with Crippen LogP contribution in [0.4, 0.5) is 0 Å². The predicted octanol–water partition coefficient (Wildman–Crippen LogP) is 5.10. The lowest BCUT2D eigenvalue weighted by Gasteiger charge is -2.39. The van der Waals surface area contributed by atoms with Gasteiger partial charge in [0.25, 0.3) is 0 Å². The van der Waals surface area contributed by atoms with Crippen LogP contribution in [0.15, 0.2) is 42.0 Å². The number of allylic oxidation sites excluding steroid dienone is 1. The number of ether oxygens (including phenoxy) is 2. The third kappa shape index (κ3) is 5.53. The van der Waals surface area contributed by atoms with Gasteiger partial charge in [0, 0.05) is 26.7 Å². The van der Waals surface area contributed by atoms with E-state index in [1.54, 1.807) is 7.05 Å². The van der Waals surface area contributed by atoms with Crippen molar-refractivity contribution in [3.8, 4) is 11.5 Å². The third-order valence-electron chi connectivity index (χ3n) is 6.46. The highest BCUT2D eigenvalue weighted by molar-refractivity contribution is 6.32. The number of carbonyl (C=O) groups is 1. The van der Waals surface area contributed by atoms with Crippen molar-refractivity contribution >= 4 is 23.1 Å². The van der Waals surface area contributed by atoms with E-state index in [0.717, 1.165) is 43.8 Å². The maximum atomic E-state index is 11.7. The number of likely N-dealkylation sites (tertiary alicyclic amines) is 1. The summed E-state index contributed by atoms with van der Waals surface area (Å²) < 4.78 is 11.8. The zero-order valence-corrected chi connectivity index (χ0v) is 20.7. The van der Waals surface area contributed by atoms with Crippen molar-refractivity contribution in [2.24, 2.45) is 5.92 Å². The highest BCUT2D eigenvalue weighted by Crippen LogP contribution is 2.35. The van der Waals surface area contributed by atoms with Crippen LogP contribution >= 0.6 is 11.6 Å². The normalized spacial score (nSPS) is 16.4. The second kappa shape index (κ2) is 10.2. The maximum Gasteiger partial charge on any atom is 0.225 e. The molecule has 0 saturated carbocycles. The molecule has 2 aliphatic rings. The lowest BCUT2D eigenvalue weighted by Crippen LogP contribution is -2.53. The Morgan fingerprint density at radius 1 is 1.18 bits per heavy atom. The van der Waals surface area contributed by atoms with Crippen molar-refractivity contribution in [3.63, 3.8) is 0 Å². The fourth-order valence-electron chi connectivity index (χ4n) is 4.58. The molecule has 1 heterocycles. The number of halogens is 1. The van der Waals surface area contributed by atoms with Gasteiger partial charge in [-0.2, -0.15) is 0 Å². The van der Waals surface area contributed by atoms with Crippen LogP contribution in [0.25, 0.3) is 5.57 Å². The average Bonchev–Trinajstić information content (AvgIpc) is 2.76. The summed E-state index contributed by atoms with van der Waals surface area (Å²) in [5.41, 5.74) is 6.49. The number of hydrogen-bond donors (Lipinski definition) is 1. The monoisotopic (exact) mass is 468 g/mol. The van der Waals surface area contributed by atoms with Crippen LogP contribution in [0.1, 0.15) is 43.9 Å². The first kappa shape index (κ1) is 23.7. The molecule has 0 radical (unpaired) electrons. The van der Waals surface area contributed by atoms with Gasteiger partial charge in [-0.25, -0.2) is 0 Å². The molecular weight excluding hydrogens is 436 g/mol. The van der Waals surface area contributed by atoms with Crippen LogP contribution in [0.2, 0.25) is 5.02 Å². The lowest BCUT2D eigenvalue weighted by atomic mass is 9.85. The van der Waals surface area contributed by atoms with Crippen LogP contribution in [0.3, 0.4) is 0 Å². The van der Waals surface area contributed by atoms with Crippen LogP contribution in [0.5, 0.6) is 11.5 Å². The van der Waals surface area contributed by atoms with Gasteiger partial charge in [0.15, 0.2) is 0 Å².